The van der Waals surface area contributed by atoms with Crippen LogP contribution in [0.3, 0.4) is 0 Å². The van der Waals surface area contributed by atoms with Gasteiger partial charge in [0.15, 0.2) is 0 Å². The van der Waals surface area contributed by atoms with Gasteiger partial charge >= 0.3 is 0 Å². The summed E-state index contributed by atoms with van der Waals surface area (Å²) < 4.78 is 10.3. The molecule has 3 amide bonds. The molecule has 2 bridgehead atoms. The Labute approximate surface area is 307 Å². The lowest BCUT2D eigenvalue weighted by Gasteiger charge is -2.40. The fraction of sp³-hybridized carbons (Fsp3) is 0.500. The summed E-state index contributed by atoms with van der Waals surface area (Å²) in [6, 6.07) is 15.1. The van der Waals surface area contributed by atoms with Crippen molar-refractivity contribution in [2.24, 2.45) is 11.8 Å². The van der Waals surface area contributed by atoms with E-state index in [-0.39, 0.29) is 41.0 Å². The molecule has 7 atom stereocenters. The van der Waals surface area contributed by atoms with E-state index >= 15 is 9.59 Å². The number of carbonyl (C=O) groups is 3. The number of thioether (sulfide) groups is 1. The van der Waals surface area contributed by atoms with Crippen molar-refractivity contribution in [1.82, 2.24) is 14.7 Å². The molecule has 4 fully saturated rings. The van der Waals surface area contributed by atoms with Gasteiger partial charge in [-0.2, -0.15) is 0 Å². The van der Waals surface area contributed by atoms with Gasteiger partial charge in [-0.15, -0.1) is 24.9 Å². The van der Waals surface area contributed by atoms with Gasteiger partial charge in [0.25, 0.3) is 0 Å². The SMILES string of the molecule is C=CCN(CCN1CCOCC1)C(=O)C1N([C@H](CO)c2ccccc2)C(=O)[C@@H]2[C@H](C(=O)N(CC=C)c3ccc(OCC)cc3)[C@H]3SC12CC3Br. The van der Waals surface area contributed by atoms with Gasteiger partial charge in [0.05, 0.1) is 49.1 Å². The summed E-state index contributed by atoms with van der Waals surface area (Å²) in [4.78, 5) is 52.3. The van der Waals surface area contributed by atoms with Gasteiger partial charge in [-0.05, 0) is 43.2 Å². The van der Waals surface area contributed by atoms with Gasteiger partial charge in [0.1, 0.15) is 11.8 Å². The fourth-order valence-electron chi connectivity index (χ4n) is 8.22. The van der Waals surface area contributed by atoms with Gasteiger partial charge < -0.3 is 29.3 Å². The van der Waals surface area contributed by atoms with Crippen LogP contribution in [0.2, 0.25) is 0 Å². The second-order valence-electron chi connectivity index (χ2n) is 13.2. The number of anilines is 1. The zero-order valence-electron chi connectivity index (χ0n) is 28.6. The topological polar surface area (TPSA) is 103 Å². The highest BCUT2D eigenvalue weighted by atomic mass is 79.9. The van der Waals surface area contributed by atoms with Crippen molar-refractivity contribution in [1.29, 1.82) is 0 Å². The molecule has 0 aromatic heterocycles. The number of hydrogen-bond acceptors (Lipinski definition) is 8. The van der Waals surface area contributed by atoms with Gasteiger partial charge in [-0.25, -0.2) is 0 Å². The van der Waals surface area contributed by atoms with E-state index in [9.17, 15) is 9.90 Å². The van der Waals surface area contributed by atoms with E-state index in [2.05, 4.69) is 34.0 Å². The van der Waals surface area contributed by atoms with Crippen LogP contribution in [0.1, 0.15) is 24.9 Å². The van der Waals surface area contributed by atoms with E-state index < -0.39 is 28.7 Å². The Hall–Kier alpha value is -3.16. The summed E-state index contributed by atoms with van der Waals surface area (Å²) in [5.74, 6) is -1.39. The van der Waals surface area contributed by atoms with E-state index in [1.165, 1.54) is 0 Å². The molecule has 0 radical (unpaired) electrons. The molecule has 50 heavy (non-hydrogen) atoms. The largest absolute Gasteiger partial charge is 0.494 e. The standard InChI is InChI=1S/C38H47BrN4O6S/c1-4-16-41(19-18-40-20-22-48-23-21-40)37(47)34-38-24-29(39)33(50-38)31(32(38)36(46)43(34)30(25-44)26-10-8-7-9-11-26)35(45)42(17-5-2)27-12-14-28(15-13-27)49-6-3/h4-5,7-15,29-34,44H,1-2,6,16-25H2,3H3/t29?,30-,31+,32+,33+,34?,38?/m1/s1. The van der Waals surface area contributed by atoms with Crippen LogP contribution >= 0.6 is 27.7 Å². The predicted octanol–water partition coefficient (Wildman–Crippen LogP) is 4.15. The number of carbonyl (C=O) groups excluding carboxylic acids is 3. The molecule has 10 nitrogen and oxygen atoms in total. The van der Waals surface area contributed by atoms with E-state index in [0.717, 1.165) is 18.7 Å². The molecule has 6 rings (SSSR count). The zero-order valence-corrected chi connectivity index (χ0v) is 31.0. The number of nitrogens with zero attached hydrogens (tertiary/aromatic N) is 4. The molecule has 0 saturated carbocycles. The lowest BCUT2D eigenvalue weighted by molar-refractivity contribution is -0.146. The van der Waals surface area contributed by atoms with Gasteiger partial charge in [0, 0.05) is 55.0 Å². The molecule has 2 aromatic rings. The van der Waals surface area contributed by atoms with Crippen LogP contribution in [0, 0.1) is 11.8 Å². The molecule has 1 spiro atoms. The van der Waals surface area contributed by atoms with Crippen LogP contribution in [0.4, 0.5) is 5.69 Å². The van der Waals surface area contributed by atoms with E-state index in [1.54, 1.807) is 38.6 Å². The van der Waals surface area contributed by atoms with Crippen LogP contribution in [0.5, 0.6) is 5.75 Å². The Bertz CT molecular complexity index is 1540. The second-order valence-corrected chi connectivity index (χ2v) is 15.9. The molecule has 4 aliphatic rings. The number of aliphatic hydroxyl groups is 1. The number of aliphatic hydroxyl groups excluding tert-OH is 1. The maximum Gasteiger partial charge on any atom is 0.247 e. The van der Waals surface area contributed by atoms with Crippen LogP contribution < -0.4 is 9.64 Å². The van der Waals surface area contributed by atoms with Crippen molar-refractivity contribution in [3.8, 4) is 5.75 Å². The minimum Gasteiger partial charge on any atom is -0.494 e. The van der Waals surface area contributed by atoms with Crippen molar-refractivity contribution in [2.75, 3.05) is 70.6 Å². The smallest absolute Gasteiger partial charge is 0.247 e. The summed E-state index contributed by atoms with van der Waals surface area (Å²) in [7, 11) is 0. The first-order chi connectivity index (χ1) is 24.3. The molecule has 3 unspecified atom stereocenters. The molecule has 4 saturated heterocycles. The monoisotopic (exact) mass is 766 g/mol. The van der Waals surface area contributed by atoms with E-state index in [0.29, 0.717) is 57.3 Å². The normalized spacial score (nSPS) is 27.9. The van der Waals surface area contributed by atoms with Crippen LogP contribution in [-0.4, -0.2) is 124 Å². The maximum atomic E-state index is 15.1. The summed E-state index contributed by atoms with van der Waals surface area (Å²) in [5.41, 5.74) is 1.42. The quantitative estimate of drug-likeness (QED) is 0.213. The summed E-state index contributed by atoms with van der Waals surface area (Å²) in [5, 5.41) is 10.7. The molecule has 2 aromatic carbocycles. The summed E-state index contributed by atoms with van der Waals surface area (Å²) >= 11 is 5.50. The third kappa shape index (κ3) is 6.77. The third-order valence-corrected chi connectivity index (χ3v) is 13.6. The predicted molar refractivity (Wildman–Crippen MR) is 200 cm³/mol. The van der Waals surface area contributed by atoms with Crippen molar-refractivity contribution in [3.63, 3.8) is 0 Å². The fourth-order valence-corrected chi connectivity index (χ4v) is 11.8. The number of fused-ring (bicyclic) bond motifs is 1. The third-order valence-electron chi connectivity index (χ3n) is 10.4. The number of hydrogen-bond donors (Lipinski definition) is 1. The number of amides is 3. The summed E-state index contributed by atoms with van der Waals surface area (Å²) in [6.45, 7) is 14.5. The Balaban J connectivity index is 1.40. The second kappa shape index (κ2) is 16.0. The first-order valence-corrected chi connectivity index (χ1v) is 19.2. The molecule has 4 aliphatic heterocycles. The van der Waals surface area contributed by atoms with Crippen molar-refractivity contribution >= 4 is 51.1 Å². The minimum atomic E-state index is -0.895. The number of ether oxygens (including phenoxy) is 2. The molecule has 4 heterocycles. The Morgan fingerprint density at radius 2 is 1.80 bits per heavy atom. The lowest BCUT2D eigenvalue weighted by Crippen LogP contribution is -2.57. The van der Waals surface area contributed by atoms with Gasteiger partial charge in [-0.1, -0.05) is 58.4 Å². The average molecular weight is 768 g/mol. The van der Waals surface area contributed by atoms with Crippen LogP contribution in [-0.2, 0) is 19.1 Å². The number of likely N-dealkylation sites (tertiary alicyclic amines) is 1. The molecule has 1 N–H and O–H groups in total. The number of halogens is 1. The maximum absolute atomic E-state index is 15.1. The Morgan fingerprint density at radius 1 is 1.10 bits per heavy atom. The van der Waals surface area contributed by atoms with Gasteiger partial charge in [0.2, 0.25) is 17.7 Å². The van der Waals surface area contributed by atoms with E-state index in [4.69, 9.17) is 9.47 Å². The number of morpholine rings is 1. The highest BCUT2D eigenvalue weighted by Crippen LogP contribution is 2.69. The molecular formula is C38H47BrN4O6S. The highest BCUT2D eigenvalue weighted by Gasteiger charge is 2.76. The summed E-state index contributed by atoms with van der Waals surface area (Å²) in [6.07, 6.45) is 3.94. The highest BCUT2D eigenvalue weighted by molar-refractivity contribution is 9.09. The average Bonchev–Trinajstić information content (AvgIpc) is 3.73. The van der Waals surface area contributed by atoms with Crippen molar-refractivity contribution in [3.05, 3.63) is 85.5 Å². The first-order valence-electron chi connectivity index (χ1n) is 17.4. The molecule has 0 aliphatic carbocycles. The number of rotatable bonds is 15. The van der Waals surface area contributed by atoms with Crippen LogP contribution in [0.25, 0.3) is 0 Å². The molecular weight excluding hydrogens is 720 g/mol. The van der Waals surface area contributed by atoms with Crippen LogP contribution in [0.15, 0.2) is 79.9 Å². The number of alkyl halides is 1. The first kappa shape index (κ1) is 36.6. The van der Waals surface area contributed by atoms with Gasteiger partial charge in [-0.3, -0.25) is 19.3 Å². The van der Waals surface area contributed by atoms with Crippen molar-refractivity contribution < 1.29 is 29.0 Å². The molecule has 268 valence electrons. The number of benzene rings is 2. The lowest BCUT2D eigenvalue weighted by atomic mass is 9.70. The van der Waals surface area contributed by atoms with E-state index in [1.807, 2.05) is 61.5 Å². The molecule has 12 heteroatoms. The Kier molecular flexibility index (Phi) is 11.7. The zero-order chi connectivity index (χ0) is 35.4. The Morgan fingerprint density at radius 3 is 2.44 bits per heavy atom. The van der Waals surface area contributed by atoms with Crippen molar-refractivity contribution in [2.45, 2.75) is 40.3 Å². The minimum absolute atomic E-state index is 0.0998.